The Morgan fingerprint density at radius 2 is 1.84 bits per heavy atom. The van der Waals surface area contributed by atoms with Crippen LogP contribution in [0.3, 0.4) is 0 Å². The first-order valence-corrected chi connectivity index (χ1v) is 6.69. The van der Waals surface area contributed by atoms with Crippen molar-refractivity contribution in [1.29, 1.82) is 0 Å². The molecule has 0 aliphatic carbocycles. The number of hydrogen-bond acceptors (Lipinski definition) is 2. The monoisotopic (exact) mass is 274 g/mol. The minimum atomic E-state index is -0.166. The molecular weight excluding hydrogens is 260 g/mol. The van der Waals surface area contributed by atoms with Crippen molar-refractivity contribution in [3.05, 3.63) is 64.7 Å². The average molecular weight is 275 g/mol. The van der Waals surface area contributed by atoms with Gasteiger partial charge in [-0.25, -0.2) is 0 Å². The maximum Gasteiger partial charge on any atom is 0.119 e. The molecule has 0 bridgehead atoms. The summed E-state index contributed by atoms with van der Waals surface area (Å²) in [5.74, 6) is 0.827. The zero-order valence-electron chi connectivity index (χ0n) is 10.7. The third-order valence-electron chi connectivity index (χ3n) is 3.42. The molecule has 0 radical (unpaired) electrons. The Labute approximate surface area is 117 Å². The second-order valence-corrected chi connectivity index (χ2v) is 5.10. The van der Waals surface area contributed by atoms with Gasteiger partial charge in [-0.05, 0) is 34.4 Å². The number of alkyl halides is 1. The van der Waals surface area contributed by atoms with Crippen LogP contribution in [0.5, 0.6) is 5.75 Å². The molecule has 2 nitrogen and oxygen atoms in total. The van der Waals surface area contributed by atoms with Gasteiger partial charge >= 0.3 is 0 Å². The van der Waals surface area contributed by atoms with Crippen LogP contribution in [-0.4, -0.2) is 7.11 Å². The maximum absolute atomic E-state index is 6.57. The molecule has 0 spiro atoms. The molecule has 1 aliphatic rings. The van der Waals surface area contributed by atoms with Crippen LogP contribution in [0.15, 0.2) is 42.5 Å². The minimum Gasteiger partial charge on any atom is -0.497 e. The van der Waals surface area contributed by atoms with E-state index in [0.717, 1.165) is 16.9 Å². The summed E-state index contributed by atoms with van der Waals surface area (Å²) in [6.45, 7) is 1.40. The molecule has 0 saturated heterocycles. The molecule has 0 N–H and O–H groups in total. The first-order chi connectivity index (χ1) is 9.28. The molecule has 1 aliphatic heterocycles. The highest BCUT2D eigenvalue weighted by molar-refractivity contribution is 6.22. The molecule has 0 amide bonds. The Hall–Kier alpha value is -1.51. The highest BCUT2D eigenvalue weighted by atomic mass is 35.5. The van der Waals surface area contributed by atoms with Crippen molar-refractivity contribution < 1.29 is 9.47 Å². The van der Waals surface area contributed by atoms with Crippen molar-refractivity contribution in [3.8, 4) is 5.75 Å². The highest BCUT2D eigenvalue weighted by Crippen LogP contribution is 2.33. The Kier molecular flexibility index (Phi) is 3.45. The number of hydrogen-bond donors (Lipinski definition) is 0. The number of ether oxygens (including phenoxy) is 2. The normalized spacial score (nSPS) is 15.1. The van der Waals surface area contributed by atoms with Gasteiger partial charge in [-0.2, -0.15) is 0 Å². The van der Waals surface area contributed by atoms with E-state index in [1.54, 1.807) is 7.11 Å². The molecule has 2 aromatic carbocycles. The molecule has 3 rings (SSSR count). The highest BCUT2D eigenvalue weighted by Gasteiger charge is 2.16. The molecule has 19 heavy (non-hydrogen) atoms. The lowest BCUT2D eigenvalue weighted by atomic mass is 10.00. The first kappa shape index (κ1) is 12.5. The molecule has 3 heteroatoms. The number of halogens is 1. The predicted octanol–water partition coefficient (Wildman–Crippen LogP) is 4.05. The summed E-state index contributed by atoms with van der Waals surface area (Å²) in [5.41, 5.74) is 4.64. The Bertz CT molecular complexity index is 595. The fourth-order valence-corrected chi connectivity index (χ4v) is 2.61. The van der Waals surface area contributed by atoms with E-state index in [9.17, 15) is 0 Å². The van der Waals surface area contributed by atoms with Gasteiger partial charge in [0, 0.05) is 0 Å². The van der Waals surface area contributed by atoms with Gasteiger partial charge in [0.05, 0.1) is 25.7 Å². The van der Waals surface area contributed by atoms with Gasteiger partial charge < -0.3 is 9.47 Å². The van der Waals surface area contributed by atoms with Crippen LogP contribution in [0.1, 0.15) is 27.6 Å². The average Bonchev–Trinajstić information content (AvgIpc) is 2.94. The molecule has 1 unspecified atom stereocenters. The number of fused-ring (bicyclic) bond motifs is 1. The van der Waals surface area contributed by atoms with Gasteiger partial charge in [0.15, 0.2) is 0 Å². The van der Waals surface area contributed by atoms with Crippen molar-refractivity contribution in [2.45, 2.75) is 18.6 Å². The summed E-state index contributed by atoms with van der Waals surface area (Å²) < 4.78 is 10.7. The number of benzene rings is 2. The molecule has 1 heterocycles. The number of rotatable bonds is 3. The summed E-state index contributed by atoms with van der Waals surface area (Å²) in [5, 5.41) is -0.166. The zero-order chi connectivity index (χ0) is 13.2. The predicted molar refractivity (Wildman–Crippen MR) is 75.6 cm³/mol. The molecule has 0 aromatic heterocycles. The lowest BCUT2D eigenvalue weighted by Crippen LogP contribution is -1.96. The van der Waals surface area contributed by atoms with Gasteiger partial charge in [-0.1, -0.05) is 30.3 Å². The van der Waals surface area contributed by atoms with Gasteiger partial charge in [-0.15, -0.1) is 11.6 Å². The Morgan fingerprint density at radius 1 is 1.05 bits per heavy atom. The van der Waals surface area contributed by atoms with Crippen LogP contribution in [0, 0.1) is 0 Å². The van der Waals surface area contributed by atoms with Crippen LogP contribution in [0.25, 0.3) is 0 Å². The van der Waals surface area contributed by atoms with Crippen LogP contribution >= 0.6 is 11.6 Å². The standard InChI is InChI=1S/C16H15ClO2/c1-18-15-4-2-3-11(8-15)16(17)12-5-6-13-9-19-10-14(13)7-12/h2-8,16H,9-10H2,1H3. The van der Waals surface area contributed by atoms with Crippen molar-refractivity contribution in [2.75, 3.05) is 7.11 Å². The SMILES string of the molecule is COc1cccc(C(Cl)c2ccc3c(c2)COC3)c1. The van der Waals surface area contributed by atoms with Crippen LogP contribution < -0.4 is 4.74 Å². The smallest absolute Gasteiger partial charge is 0.119 e. The third kappa shape index (κ3) is 2.46. The largest absolute Gasteiger partial charge is 0.497 e. The Balaban J connectivity index is 1.92. The van der Waals surface area contributed by atoms with E-state index in [2.05, 4.69) is 18.2 Å². The van der Waals surface area contributed by atoms with E-state index < -0.39 is 0 Å². The second kappa shape index (κ2) is 5.24. The van der Waals surface area contributed by atoms with E-state index in [1.807, 2.05) is 24.3 Å². The first-order valence-electron chi connectivity index (χ1n) is 6.25. The fraction of sp³-hybridized carbons (Fsp3) is 0.250. The summed E-state index contributed by atoms with van der Waals surface area (Å²) in [7, 11) is 1.66. The van der Waals surface area contributed by atoms with Crippen LogP contribution in [-0.2, 0) is 18.0 Å². The number of methoxy groups -OCH3 is 1. The zero-order valence-corrected chi connectivity index (χ0v) is 11.5. The van der Waals surface area contributed by atoms with Crippen molar-refractivity contribution in [2.24, 2.45) is 0 Å². The van der Waals surface area contributed by atoms with Crippen molar-refractivity contribution in [1.82, 2.24) is 0 Å². The summed E-state index contributed by atoms with van der Waals surface area (Å²) in [6, 6.07) is 14.2. The van der Waals surface area contributed by atoms with Gasteiger partial charge in [-0.3, -0.25) is 0 Å². The van der Waals surface area contributed by atoms with Crippen molar-refractivity contribution in [3.63, 3.8) is 0 Å². The van der Waals surface area contributed by atoms with E-state index in [4.69, 9.17) is 21.1 Å². The molecule has 2 aromatic rings. The molecule has 1 atom stereocenters. The quantitative estimate of drug-likeness (QED) is 0.786. The van der Waals surface area contributed by atoms with E-state index in [1.165, 1.54) is 11.1 Å². The van der Waals surface area contributed by atoms with Gasteiger partial charge in [0.2, 0.25) is 0 Å². The second-order valence-electron chi connectivity index (χ2n) is 4.66. The maximum atomic E-state index is 6.57. The van der Waals surface area contributed by atoms with Crippen LogP contribution in [0.2, 0.25) is 0 Å². The summed E-state index contributed by atoms with van der Waals surface area (Å²) in [4.78, 5) is 0. The Morgan fingerprint density at radius 3 is 2.68 bits per heavy atom. The summed E-state index contributed by atoms with van der Waals surface area (Å²) >= 11 is 6.57. The third-order valence-corrected chi connectivity index (χ3v) is 3.93. The summed E-state index contributed by atoms with van der Waals surface area (Å²) in [6.07, 6.45) is 0. The lowest BCUT2D eigenvalue weighted by Gasteiger charge is -2.12. The lowest BCUT2D eigenvalue weighted by molar-refractivity contribution is 0.134. The molecule has 0 saturated carbocycles. The molecule has 0 fully saturated rings. The van der Waals surface area contributed by atoms with Crippen LogP contribution in [0.4, 0.5) is 0 Å². The van der Waals surface area contributed by atoms with Gasteiger partial charge in [0.1, 0.15) is 5.75 Å². The minimum absolute atomic E-state index is 0.166. The fourth-order valence-electron chi connectivity index (χ4n) is 2.34. The van der Waals surface area contributed by atoms with Crippen molar-refractivity contribution >= 4 is 11.6 Å². The molecule has 98 valence electrons. The molecular formula is C16H15ClO2. The topological polar surface area (TPSA) is 18.5 Å². The van der Waals surface area contributed by atoms with E-state index in [-0.39, 0.29) is 5.38 Å². The van der Waals surface area contributed by atoms with Gasteiger partial charge in [0.25, 0.3) is 0 Å². The van der Waals surface area contributed by atoms with E-state index in [0.29, 0.717) is 13.2 Å². The van der Waals surface area contributed by atoms with E-state index >= 15 is 0 Å².